The molecule has 0 aromatic heterocycles. The number of hydrogen-bond donors (Lipinski definition) is 1. The highest BCUT2D eigenvalue weighted by Gasteiger charge is 1.95. The lowest BCUT2D eigenvalue weighted by Crippen LogP contribution is -2.23. The zero-order valence-electron chi connectivity index (χ0n) is 10.9. The maximum atomic E-state index is 3.42. The lowest BCUT2D eigenvalue weighted by Gasteiger charge is -2.06. The summed E-state index contributed by atoms with van der Waals surface area (Å²) in [5, 5.41) is 3.42. The van der Waals surface area contributed by atoms with E-state index in [0.717, 1.165) is 13.0 Å². The molecule has 1 aromatic rings. The second-order valence-corrected chi connectivity index (χ2v) is 4.65. The molecule has 1 aromatic carbocycles. The second kappa shape index (κ2) is 6.49. The smallest absolute Gasteiger partial charge is 0.00105 e. The van der Waals surface area contributed by atoms with Crippen LogP contribution in [0.1, 0.15) is 38.3 Å². The van der Waals surface area contributed by atoms with E-state index in [9.17, 15) is 0 Å². The normalized spacial score (nSPS) is 12.2. The molecule has 0 aliphatic carbocycles. The summed E-state index contributed by atoms with van der Waals surface area (Å²) in [6.07, 6.45) is 3.40. The maximum Gasteiger partial charge on any atom is 0.00105 e. The van der Waals surface area contributed by atoms with Crippen LogP contribution in [-0.4, -0.2) is 12.6 Å². The Bertz CT molecular complexity index is 333. The van der Waals surface area contributed by atoms with E-state index in [0.29, 0.717) is 6.04 Å². The molecule has 0 saturated carbocycles. The van der Waals surface area contributed by atoms with Gasteiger partial charge < -0.3 is 5.32 Å². The topological polar surface area (TPSA) is 12.0 Å². The van der Waals surface area contributed by atoms with E-state index in [1.807, 2.05) is 0 Å². The highest BCUT2D eigenvalue weighted by Crippen LogP contribution is 2.14. The number of nitrogens with one attached hydrogen (secondary N) is 1. The Morgan fingerprint density at radius 3 is 2.44 bits per heavy atom. The monoisotopic (exact) mass is 217 g/mol. The van der Waals surface area contributed by atoms with Crippen LogP contribution in [0, 0.1) is 6.92 Å². The number of hydrogen-bond acceptors (Lipinski definition) is 1. The molecule has 0 radical (unpaired) electrons. The minimum absolute atomic E-state index is 0.577. The Morgan fingerprint density at radius 2 is 1.88 bits per heavy atom. The summed E-state index contributed by atoms with van der Waals surface area (Å²) in [6.45, 7) is 9.71. The van der Waals surface area contributed by atoms with Gasteiger partial charge in [0.25, 0.3) is 0 Å². The van der Waals surface area contributed by atoms with E-state index in [4.69, 9.17) is 0 Å². The predicted octanol–water partition coefficient (Wildman–Crippen LogP) is 3.79. The number of benzene rings is 1. The molecule has 0 saturated heterocycles. The van der Waals surface area contributed by atoms with Crippen LogP contribution >= 0.6 is 0 Å². The van der Waals surface area contributed by atoms with Crippen molar-refractivity contribution < 1.29 is 0 Å². The average molecular weight is 217 g/mol. The molecule has 0 unspecified atom stereocenters. The standard InChI is InChI=1S/C15H23N/c1-12(2)16-11-5-6-14(4)15-9-7-13(3)8-10-15/h6-10,12,16H,5,11H2,1-4H3. The van der Waals surface area contributed by atoms with Gasteiger partial charge in [0.15, 0.2) is 0 Å². The van der Waals surface area contributed by atoms with Gasteiger partial charge in [-0.3, -0.25) is 0 Å². The first kappa shape index (κ1) is 13.0. The number of aryl methyl sites for hydroxylation is 1. The summed E-state index contributed by atoms with van der Waals surface area (Å²) >= 11 is 0. The molecule has 1 rings (SSSR count). The zero-order valence-corrected chi connectivity index (χ0v) is 10.9. The van der Waals surface area contributed by atoms with Crippen molar-refractivity contribution in [1.29, 1.82) is 0 Å². The van der Waals surface area contributed by atoms with Crippen LogP contribution in [0.3, 0.4) is 0 Å². The fraction of sp³-hybridized carbons (Fsp3) is 0.467. The highest BCUT2D eigenvalue weighted by atomic mass is 14.9. The van der Waals surface area contributed by atoms with E-state index in [2.05, 4.69) is 63.4 Å². The summed E-state index contributed by atoms with van der Waals surface area (Å²) in [4.78, 5) is 0. The first-order valence-corrected chi connectivity index (χ1v) is 6.07. The summed E-state index contributed by atoms with van der Waals surface area (Å²) in [5.41, 5.74) is 4.01. The van der Waals surface area contributed by atoms with Crippen molar-refractivity contribution >= 4 is 5.57 Å². The molecule has 0 fully saturated rings. The molecule has 0 heterocycles. The highest BCUT2D eigenvalue weighted by molar-refractivity contribution is 5.63. The van der Waals surface area contributed by atoms with Gasteiger partial charge in [0.05, 0.1) is 0 Å². The van der Waals surface area contributed by atoms with Crippen molar-refractivity contribution in [3.8, 4) is 0 Å². The van der Waals surface area contributed by atoms with Crippen molar-refractivity contribution in [1.82, 2.24) is 5.32 Å². The van der Waals surface area contributed by atoms with Crippen molar-refractivity contribution in [2.24, 2.45) is 0 Å². The minimum atomic E-state index is 0.577. The molecule has 0 aliphatic heterocycles. The third-order valence-corrected chi connectivity index (χ3v) is 2.65. The SMILES string of the molecule is CC(=CCCNC(C)C)c1ccc(C)cc1. The molecule has 0 amide bonds. The number of rotatable bonds is 5. The number of allylic oxidation sites excluding steroid dienone is 1. The van der Waals surface area contributed by atoms with Gasteiger partial charge in [0, 0.05) is 6.04 Å². The summed E-state index contributed by atoms with van der Waals surface area (Å²) in [7, 11) is 0. The van der Waals surface area contributed by atoms with Crippen LogP contribution in [-0.2, 0) is 0 Å². The Kier molecular flexibility index (Phi) is 5.27. The molecule has 1 N–H and O–H groups in total. The quantitative estimate of drug-likeness (QED) is 0.740. The molecule has 0 atom stereocenters. The molecule has 0 spiro atoms. The minimum Gasteiger partial charge on any atom is -0.314 e. The van der Waals surface area contributed by atoms with Gasteiger partial charge >= 0.3 is 0 Å². The van der Waals surface area contributed by atoms with Crippen molar-refractivity contribution in [3.63, 3.8) is 0 Å². The van der Waals surface area contributed by atoms with Crippen LogP contribution in [0.2, 0.25) is 0 Å². The van der Waals surface area contributed by atoms with Crippen molar-refractivity contribution in [2.45, 2.75) is 40.2 Å². The Hall–Kier alpha value is -1.08. The van der Waals surface area contributed by atoms with Gasteiger partial charge in [-0.05, 0) is 37.9 Å². The summed E-state index contributed by atoms with van der Waals surface area (Å²) < 4.78 is 0. The van der Waals surface area contributed by atoms with Crippen LogP contribution in [0.4, 0.5) is 0 Å². The van der Waals surface area contributed by atoms with Gasteiger partial charge in [-0.1, -0.05) is 49.8 Å². The third-order valence-electron chi connectivity index (χ3n) is 2.65. The molecule has 16 heavy (non-hydrogen) atoms. The average Bonchev–Trinajstić information content (AvgIpc) is 2.25. The molecule has 0 aliphatic rings. The van der Waals surface area contributed by atoms with Crippen LogP contribution in [0.15, 0.2) is 30.3 Å². The van der Waals surface area contributed by atoms with Gasteiger partial charge in [-0.15, -0.1) is 0 Å². The first-order chi connectivity index (χ1) is 7.59. The van der Waals surface area contributed by atoms with Gasteiger partial charge in [0.1, 0.15) is 0 Å². The van der Waals surface area contributed by atoms with E-state index < -0.39 is 0 Å². The zero-order chi connectivity index (χ0) is 12.0. The van der Waals surface area contributed by atoms with Gasteiger partial charge in [-0.2, -0.15) is 0 Å². The molecule has 0 bridgehead atoms. The fourth-order valence-electron chi connectivity index (χ4n) is 1.59. The van der Waals surface area contributed by atoms with Gasteiger partial charge in [-0.25, -0.2) is 0 Å². The fourth-order valence-corrected chi connectivity index (χ4v) is 1.59. The second-order valence-electron chi connectivity index (χ2n) is 4.65. The molecular weight excluding hydrogens is 194 g/mol. The van der Waals surface area contributed by atoms with Crippen LogP contribution < -0.4 is 5.32 Å². The molecular formula is C15H23N. The Labute approximate surface area is 99.6 Å². The third kappa shape index (κ3) is 4.63. The lowest BCUT2D eigenvalue weighted by molar-refractivity contribution is 0.595. The molecule has 1 heteroatoms. The summed E-state index contributed by atoms with van der Waals surface area (Å²) in [6, 6.07) is 9.29. The van der Waals surface area contributed by atoms with Crippen molar-refractivity contribution in [3.05, 3.63) is 41.5 Å². The van der Waals surface area contributed by atoms with E-state index in [1.54, 1.807) is 0 Å². The Morgan fingerprint density at radius 1 is 1.25 bits per heavy atom. The summed E-state index contributed by atoms with van der Waals surface area (Å²) in [5.74, 6) is 0. The van der Waals surface area contributed by atoms with Crippen LogP contribution in [0.5, 0.6) is 0 Å². The predicted molar refractivity (Wildman–Crippen MR) is 72.6 cm³/mol. The van der Waals surface area contributed by atoms with Gasteiger partial charge in [0.2, 0.25) is 0 Å². The molecule has 88 valence electrons. The van der Waals surface area contributed by atoms with E-state index in [-0.39, 0.29) is 0 Å². The molecule has 1 nitrogen and oxygen atoms in total. The maximum absolute atomic E-state index is 3.42. The van der Waals surface area contributed by atoms with E-state index in [1.165, 1.54) is 16.7 Å². The first-order valence-electron chi connectivity index (χ1n) is 6.07. The largest absolute Gasteiger partial charge is 0.314 e. The van der Waals surface area contributed by atoms with E-state index >= 15 is 0 Å². The van der Waals surface area contributed by atoms with Crippen LogP contribution in [0.25, 0.3) is 5.57 Å². The van der Waals surface area contributed by atoms with Crippen molar-refractivity contribution in [2.75, 3.05) is 6.54 Å². The lowest BCUT2D eigenvalue weighted by atomic mass is 10.0. The Balaban J connectivity index is 2.47.